The summed E-state index contributed by atoms with van der Waals surface area (Å²) in [7, 11) is 0. The van der Waals surface area contributed by atoms with Gasteiger partial charge in [0.1, 0.15) is 5.82 Å². The second kappa shape index (κ2) is 6.13. The Morgan fingerprint density at radius 3 is 2.59 bits per heavy atom. The average molecular weight is 365 g/mol. The number of nitrogens with one attached hydrogen (secondary N) is 1. The Morgan fingerprint density at radius 2 is 1.89 bits per heavy atom. The zero-order valence-electron chi connectivity index (χ0n) is 14.9. The van der Waals surface area contributed by atoms with Crippen molar-refractivity contribution in [2.24, 2.45) is 0 Å². The number of aromatic nitrogens is 3. The summed E-state index contributed by atoms with van der Waals surface area (Å²) in [5.74, 6) is 0.0827. The molecule has 7 heteroatoms. The van der Waals surface area contributed by atoms with Gasteiger partial charge in [0.2, 0.25) is 5.95 Å². The van der Waals surface area contributed by atoms with Gasteiger partial charge in [-0.05, 0) is 49.6 Å². The minimum Gasteiger partial charge on any atom is -0.324 e. The minimum absolute atomic E-state index is 0.179. The lowest BCUT2D eigenvalue weighted by molar-refractivity contribution is 0.0339. The van der Waals surface area contributed by atoms with E-state index in [-0.39, 0.29) is 11.1 Å². The third-order valence-corrected chi connectivity index (χ3v) is 5.90. The van der Waals surface area contributed by atoms with Gasteiger partial charge in [0.05, 0.1) is 28.3 Å². The Balaban J connectivity index is 1.74. The molecule has 2 aromatic heterocycles. The van der Waals surface area contributed by atoms with Crippen LogP contribution in [-0.2, 0) is 5.54 Å². The number of rotatable bonds is 3. The van der Waals surface area contributed by atoms with E-state index in [1.165, 1.54) is 12.1 Å². The summed E-state index contributed by atoms with van der Waals surface area (Å²) >= 11 is 0. The molecule has 0 saturated carbocycles. The zero-order chi connectivity index (χ0) is 18.4. The van der Waals surface area contributed by atoms with Crippen LogP contribution in [-0.4, -0.2) is 39.1 Å². The fourth-order valence-electron chi connectivity index (χ4n) is 4.39. The lowest BCUT2D eigenvalue weighted by Crippen LogP contribution is -2.56. The number of piperidine rings is 3. The largest absolute Gasteiger partial charge is 0.324 e. The van der Waals surface area contributed by atoms with Crippen molar-refractivity contribution < 1.29 is 4.39 Å². The molecule has 3 aromatic rings. The molecule has 3 aliphatic rings. The van der Waals surface area contributed by atoms with E-state index in [4.69, 9.17) is 4.98 Å². The molecule has 3 fully saturated rings. The van der Waals surface area contributed by atoms with E-state index in [2.05, 4.69) is 15.2 Å². The summed E-state index contributed by atoms with van der Waals surface area (Å²) in [6, 6.07) is 7.91. The smallest absolute Gasteiger partial charge is 0.263 e. The van der Waals surface area contributed by atoms with Crippen molar-refractivity contribution in [3.63, 3.8) is 0 Å². The van der Waals surface area contributed by atoms with E-state index < -0.39 is 5.82 Å². The first-order valence-electron chi connectivity index (χ1n) is 9.27. The van der Waals surface area contributed by atoms with Crippen LogP contribution in [0.4, 0.5) is 16.0 Å². The molecule has 0 radical (unpaired) electrons. The van der Waals surface area contributed by atoms with E-state index >= 15 is 0 Å². The normalized spacial score (nSPS) is 24.3. The molecule has 27 heavy (non-hydrogen) atoms. The molecule has 0 aliphatic carbocycles. The predicted octanol–water partition coefficient (Wildman–Crippen LogP) is 2.87. The van der Waals surface area contributed by atoms with Gasteiger partial charge >= 0.3 is 0 Å². The SMILES string of the molecule is O=c1c2cc(F)ccc2nc(Nc2cccnc2)n1C12CCN(CC1)CC2. The highest BCUT2D eigenvalue weighted by Gasteiger charge is 2.43. The Morgan fingerprint density at radius 1 is 1.11 bits per heavy atom. The van der Waals surface area contributed by atoms with Crippen LogP contribution in [0.2, 0.25) is 0 Å². The van der Waals surface area contributed by atoms with Crippen molar-refractivity contribution in [1.29, 1.82) is 0 Å². The molecule has 6 rings (SSSR count). The van der Waals surface area contributed by atoms with E-state index in [0.717, 1.165) is 44.6 Å². The standard InChI is InChI=1S/C20H20FN5O/c21-14-3-4-17-16(12-14)18(27)26(20-5-9-25(10-6-20)11-7-20)19(24-17)23-15-2-1-8-22-13-15/h1-4,8,12-13H,5-7,9-11H2,(H,23,24). The van der Waals surface area contributed by atoms with Crippen LogP contribution < -0.4 is 10.9 Å². The minimum atomic E-state index is -0.420. The zero-order valence-corrected chi connectivity index (χ0v) is 14.9. The van der Waals surface area contributed by atoms with Gasteiger partial charge in [0.25, 0.3) is 5.56 Å². The number of benzene rings is 1. The molecule has 1 aromatic carbocycles. The fraction of sp³-hybridized carbons (Fsp3) is 0.350. The molecule has 0 amide bonds. The van der Waals surface area contributed by atoms with E-state index in [1.54, 1.807) is 23.0 Å². The Kier molecular flexibility index (Phi) is 3.72. The molecular formula is C20H20FN5O. The highest BCUT2D eigenvalue weighted by atomic mass is 19.1. The summed E-state index contributed by atoms with van der Waals surface area (Å²) < 4.78 is 15.6. The van der Waals surface area contributed by atoms with Crippen molar-refractivity contribution in [2.75, 3.05) is 25.0 Å². The molecule has 6 nitrogen and oxygen atoms in total. The van der Waals surface area contributed by atoms with Crippen LogP contribution in [0.3, 0.4) is 0 Å². The topological polar surface area (TPSA) is 63.1 Å². The number of hydrogen-bond acceptors (Lipinski definition) is 5. The first kappa shape index (κ1) is 16.4. The van der Waals surface area contributed by atoms with Crippen LogP contribution in [0.5, 0.6) is 0 Å². The van der Waals surface area contributed by atoms with Gasteiger partial charge < -0.3 is 10.2 Å². The highest BCUT2D eigenvalue weighted by Crippen LogP contribution is 2.39. The second-order valence-corrected chi connectivity index (χ2v) is 7.42. The van der Waals surface area contributed by atoms with Crippen molar-refractivity contribution in [3.05, 3.63) is 58.9 Å². The molecule has 0 unspecified atom stereocenters. The maximum absolute atomic E-state index is 13.8. The molecule has 0 spiro atoms. The number of anilines is 2. The van der Waals surface area contributed by atoms with Gasteiger partial charge in [-0.3, -0.25) is 14.3 Å². The number of hydrogen-bond donors (Lipinski definition) is 1. The third-order valence-electron chi connectivity index (χ3n) is 5.90. The van der Waals surface area contributed by atoms with Gasteiger partial charge in [-0.1, -0.05) is 0 Å². The lowest BCUT2D eigenvalue weighted by atomic mass is 9.79. The molecule has 2 bridgehead atoms. The second-order valence-electron chi connectivity index (χ2n) is 7.42. The predicted molar refractivity (Wildman–Crippen MR) is 102 cm³/mol. The molecule has 138 valence electrons. The Hall–Kier alpha value is -2.80. The van der Waals surface area contributed by atoms with Gasteiger partial charge in [-0.25, -0.2) is 9.37 Å². The summed E-state index contributed by atoms with van der Waals surface area (Å²) in [6.45, 7) is 2.92. The van der Waals surface area contributed by atoms with E-state index in [1.807, 2.05) is 12.1 Å². The summed E-state index contributed by atoms with van der Waals surface area (Å²) in [4.78, 5) is 24.7. The molecule has 3 aliphatic heterocycles. The van der Waals surface area contributed by atoms with Gasteiger partial charge in [-0.15, -0.1) is 0 Å². The van der Waals surface area contributed by atoms with Crippen LogP contribution >= 0.6 is 0 Å². The number of fused-ring (bicyclic) bond motifs is 4. The van der Waals surface area contributed by atoms with Crippen LogP contribution in [0.25, 0.3) is 10.9 Å². The molecule has 1 N–H and O–H groups in total. The first-order valence-corrected chi connectivity index (χ1v) is 9.27. The number of nitrogens with zero attached hydrogens (tertiary/aromatic N) is 4. The van der Waals surface area contributed by atoms with Crippen molar-refractivity contribution >= 4 is 22.5 Å². The van der Waals surface area contributed by atoms with Crippen molar-refractivity contribution in [3.8, 4) is 0 Å². The van der Waals surface area contributed by atoms with Crippen LogP contribution in [0.15, 0.2) is 47.5 Å². The van der Waals surface area contributed by atoms with Crippen LogP contribution in [0.1, 0.15) is 19.3 Å². The van der Waals surface area contributed by atoms with Crippen molar-refractivity contribution in [2.45, 2.75) is 24.8 Å². The third kappa shape index (κ3) is 2.70. The molecule has 3 saturated heterocycles. The monoisotopic (exact) mass is 365 g/mol. The molecular weight excluding hydrogens is 345 g/mol. The maximum atomic E-state index is 13.8. The van der Waals surface area contributed by atoms with Gasteiger partial charge in [-0.2, -0.15) is 0 Å². The molecule has 0 atom stereocenters. The average Bonchev–Trinajstić information content (AvgIpc) is 2.71. The maximum Gasteiger partial charge on any atom is 0.263 e. The van der Waals surface area contributed by atoms with Gasteiger partial charge in [0, 0.05) is 25.8 Å². The summed E-state index contributed by atoms with van der Waals surface area (Å²) in [5.41, 5.74) is 0.809. The van der Waals surface area contributed by atoms with E-state index in [9.17, 15) is 9.18 Å². The van der Waals surface area contributed by atoms with E-state index in [0.29, 0.717) is 16.9 Å². The first-order chi connectivity index (χ1) is 13.1. The fourth-order valence-corrected chi connectivity index (χ4v) is 4.39. The summed E-state index contributed by atoms with van der Waals surface area (Å²) in [6.07, 6.45) is 6.10. The molecule has 5 heterocycles. The Bertz CT molecular complexity index is 1040. The quantitative estimate of drug-likeness (QED) is 0.773. The summed E-state index contributed by atoms with van der Waals surface area (Å²) in [5, 5.41) is 3.60. The van der Waals surface area contributed by atoms with Crippen LogP contribution in [0, 0.1) is 5.82 Å². The highest BCUT2D eigenvalue weighted by molar-refractivity contribution is 5.79. The van der Waals surface area contributed by atoms with Gasteiger partial charge in [0.15, 0.2) is 0 Å². The number of halogens is 1. The Labute approximate surface area is 155 Å². The van der Waals surface area contributed by atoms with Crippen molar-refractivity contribution in [1.82, 2.24) is 19.4 Å². The number of pyridine rings is 1. The lowest BCUT2D eigenvalue weighted by Gasteiger charge is -2.49.